The fourth-order valence-electron chi connectivity index (χ4n) is 4.66. The van der Waals surface area contributed by atoms with Gasteiger partial charge in [0.05, 0.1) is 12.7 Å². The summed E-state index contributed by atoms with van der Waals surface area (Å²) < 4.78 is 26.2. The highest BCUT2D eigenvalue weighted by Gasteiger charge is 2.22. The SMILES string of the molecule is CC/C=C\C/C=C\C/C=C\CCCCCCCC(=O)OC[C@H](COP(=O)(O)O)OC(=O)CCC/C=C\C/C=C\C/C=C\C=C\[C@@H](O)CCCCC. The van der Waals surface area contributed by atoms with Crippen molar-refractivity contribution in [2.45, 2.75) is 148 Å². The summed E-state index contributed by atoms with van der Waals surface area (Å²) in [4.78, 5) is 42.7. The zero-order chi connectivity index (χ0) is 37.7. The van der Waals surface area contributed by atoms with Crippen LogP contribution < -0.4 is 0 Å². The molecule has 3 N–H and O–H groups in total. The van der Waals surface area contributed by atoms with Gasteiger partial charge in [0, 0.05) is 12.8 Å². The summed E-state index contributed by atoms with van der Waals surface area (Å²) in [5, 5.41) is 9.86. The normalized spacial score (nSPS) is 14.1. The van der Waals surface area contributed by atoms with Crippen molar-refractivity contribution < 1.29 is 43.0 Å². The largest absolute Gasteiger partial charge is 0.469 e. The first-order valence-electron chi connectivity index (χ1n) is 19.0. The maximum absolute atomic E-state index is 12.3. The molecule has 0 aliphatic heterocycles. The number of allylic oxidation sites excluding steroid dienone is 13. The average molecular weight is 735 g/mol. The third-order valence-electron chi connectivity index (χ3n) is 7.50. The van der Waals surface area contributed by atoms with Crippen molar-refractivity contribution in [1.29, 1.82) is 0 Å². The molecule has 0 spiro atoms. The van der Waals surface area contributed by atoms with Crippen LogP contribution in [0.5, 0.6) is 0 Å². The van der Waals surface area contributed by atoms with Gasteiger partial charge in [-0.05, 0) is 70.6 Å². The highest BCUT2D eigenvalue weighted by Crippen LogP contribution is 2.35. The van der Waals surface area contributed by atoms with Crippen LogP contribution >= 0.6 is 7.82 Å². The zero-order valence-corrected chi connectivity index (χ0v) is 32.2. The zero-order valence-electron chi connectivity index (χ0n) is 31.3. The second-order valence-electron chi connectivity index (χ2n) is 12.4. The maximum Gasteiger partial charge on any atom is 0.469 e. The highest BCUT2D eigenvalue weighted by molar-refractivity contribution is 7.46. The van der Waals surface area contributed by atoms with E-state index in [4.69, 9.17) is 19.3 Å². The lowest BCUT2D eigenvalue weighted by atomic mass is 10.1. The molecular weight excluding hydrogens is 667 g/mol. The Morgan fingerprint density at radius 1 is 0.627 bits per heavy atom. The molecule has 10 heteroatoms. The number of unbranched alkanes of at least 4 members (excludes halogenated alkanes) is 8. The van der Waals surface area contributed by atoms with Crippen molar-refractivity contribution in [3.8, 4) is 0 Å². The van der Waals surface area contributed by atoms with E-state index in [0.717, 1.165) is 89.9 Å². The molecule has 290 valence electrons. The van der Waals surface area contributed by atoms with Gasteiger partial charge < -0.3 is 24.4 Å². The molecule has 0 fully saturated rings. The Morgan fingerprint density at radius 3 is 1.84 bits per heavy atom. The molecule has 0 saturated heterocycles. The fraction of sp³-hybridized carbons (Fsp3) is 0.610. The van der Waals surface area contributed by atoms with E-state index < -0.39 is 32.5 Å². The summed E-state index contributed by atoms with van der Waals surface area (Å²) in [6.07, 6.45) is 43.5. The molecule has 2 atom stereocenters. The van der Waals surface area contributed by atoms with Crippen LogP contribution in [0.25, 0.3) is 0 Å². The van der Waals surface area contributed by atoms with Gasteiger partial charge in [0.2, 0.25) is 0 Å². The van der Waals surface area contributed by atoms with E-state index in [1.165, 1.54) is 0 Å². The number of hydrogen-bond acceptors (Lipinski definition) is 7. The van der Waals surface area contributed by atoms with E-state index in [1.807, 2.05) is 36.5 Å². The van der Waals surface area contributed by atoms with Crippen LogP contribution in [0.3, 0.4) is 0 Å². The van der Waals surface area contributed by atoms with Gasteiger partial charge in [-0.3, -0.25) is 14.1 Å². The maximum atomic E-state index is 12.3. The van der Waals surface area contributed by atoms with Crippen LogP contribution in [0, 0.1) is 0 Å². The first kappa shape index (κ1) is 48.2. The number of hydrogen-bond donors (Lipinski definition) is 3. The van der Waals surface area contributed by atoms with Crippen molar-refractivity contribution in [3.63, 3.8) is 0 Å². The van der Waals surface area contributed by atoms with Gasteiger partial charge in [-0.15, -0.1) is 0 Å². The molecule has 51 heavy (non-hydrogen) atoms. The van der Waals surface area contributed by atoms with Crippen molar-refractivity contribution in [2.75, 3.05) is 13.2 Å². The molecular formula is C41H67O9P. The van der Waals surface area contributed by atoms with Gasteiger partial charge in [-0.1, -0.05) is 137 Å². The number of rotatable bonds is 33. The molecule has 0 aliphatic rings. The molecule has 0 aromatic rings. The van der Waals surface area contributed by atoms with Crippen LogP contribution in [-0.4, -0.2) is 52.3 Å². The monoisotopic (exact) mass is 734 g/mol. The minimum atomic E-state index is -4.79. The average Bonchev–Trinajstić information content (AvgIpc) is 3.09. The van der Waals surface area contributed by atoms with Gasteiger partial charge in [-0.25, -0.2) is 4.57 Å². The highest BCUT2D eigenvalue weighted by atomic mass is 31.2. The molecule has 9 nitrogen and oxygen atoms in total. The molecule has 0 aromatic heterocycles. The molecule has 0 amide bonds. The molecule has 0 heterocycles. The van der Waals surface area contributed by atoms with Crippen molar-refractivity contribution in [1.82, 2.24) is 0 Å². The Balaban J connectivity index is 4.17. The summed E-state index contributed by atoms with van der Waals surface area (Å²) in [7, 11) is -4.79. The van der Waals surface area contributed by atoms with Gasteiger partial charge in [-0.2, -0.15) is 0 Å². The predicted octanol–water partition coefficient (Wildman–Crippen LogP) is 10.3. The Labute approximate surface area is 308 Å². The van der Waals surface area contributed by atoms with Gasteiger partial charge in [0.15, 0.2) is 6.10 Å². The summed E-state index contributed by atoms with van der Waals surface area (Å²) in [6, 6.07) is 0. The summed E-state index contributed by atoms with van der Waals surface area (Å²) in [5.41, 5.74) is 0. The van der Waals surface area contributed by atoms with Crippen LogP contribution in [0.1, 0.15) is 136 Å². The van der Waals surface area contributed by atoms with Crippen LogP contribution in [0.4, 0.5) is 0 Å². The molecule has 0 aromatic carbocycles. The predicted molar refractivity (Wildman–Crippen MR) is 208 cm³/mol. The molecule has 0 rings (SSSR count). The van der Waals surface area contributed by atoms with E-state index in [9.17, 15) is 19.3 Å². The van der Waals surface area contributed by atoms with Crippen molar-refractivity contribution in [2.24, 2.45) is 0 Å². The summed E-state index contributed by atoms with van der Waals surface area (Å²) >= 11 is 0. The number of carbonyl (C=O) groups is 2. The topological polar surface area (TPSA) is 140 Å². The standard InChI is InChI=1S/C41H67O9P/c1-3-5-7-8-9-10-11-12-13-14-17-20-23-26-30-34-40(43)48-36-39(37-49-51(45,46)47)50-41(44)35-31-27-24-21-18-15-16-19-22-25-29-33-38(42)32-28-6-4-2/h5,7,9-10,12-13,15-16,21-22,24-25,29,33,38-39,42H,3-4,6,8,11,14,17-20,23,26-28,30-32,34-37H2,1-2H3,(H2,45,46,47)/b7-5-,10-9-,13-12-,16-15-,24-21-,25-22-,33-29+/t38-,39+/m0/s1. The number of ether oxygens (including phenoxy) is 2. The quantitative estimate of drug-likeness (QED) is 0.0198. The first-order chi connectivity index (χ1) is 24.7. The Morgan fingerprint density at radius 2 is 1.20 bits per heavy atom. The lowest BCUT2D eigenvalue weighted by Crippen LogP contribution is -2.29. The first-order valence-corrected chi connectivity index (χ1v) is 20.5. The number of carbonyl (C=O) groups excluding carboxylic acids is 2. The summed E-state index contributed by atoms with van der Waals surface area (Å²) in [5.74, 6) is -1.01. The molecule has 0 aliphatic carbocycles. The lowest BCUT2D eigenvalue weighted by molar-refractivity contribution is -0.161. The van der Waals surface area contributed by atoms with E-state index in [0.29, 0.717) is 19.3 Å². The third kappa shape index (κ3) is 38.3. The lowest BCUT2D eigenvalue weighted by Gasteiger charge is -2.18. The van der Waals surface area contributed by atoms with E-state index in [2.05, 4.69) is 67.0 Å². The van der Waals surface area contributed by atoms with Crippen LogP contribution in [0.15, 0.2) is 85.1 Å². The Hall–Kier alpha value is -2.81. The minimum Gasteiger partial charge on any atom is -0.462 e. The van der Waals surface area contributed by atoms with Gasteiger partial charge >= 0.3 is 19.8 Å². The molecule has 0 radical (unpaired) electrons. The van der Waals surface area contributed by atoms with Crippen LogP contribution in [0.2, 0.25) is 0 Å². The van der Waals surface area contributed by atoms with Crippen molar-refractivity contribution >= 4 is 19.8 Å². The molecule has 0 bridgehead atoms. The van der Waals surface area contributed by atoms with E-state index >= 15 is 0 Å². The Bertz CT molecular complexity index is 1110. The Kier molecular flexibility index (Phi) is 33.6. The fourth-order valence-corrected chi connectivity index (χ4v) is 5.03. The van der Waals surface area contributed by atoms with Gasteiger partial charge in [0.1, 0.15) is 6.61 Å². The smallest absolute Gasteiger partial charge is 0.462 e. The number of aliphatic hydroxyl groups excluding tert-OH is 1. The van der Waals surface area contributed by atoms with Crippen LogP contribution in [-0.2, 0) is 28.2 Å². The summed E-state index contributed by atoms with van der Waals surface area (Å²) in [6.45, 7) is 3.36. The van der Waals surface area contributed by atoms with Crippen molar-refractivity contribution in [3.05, 3.63) is 85.1 Å². The number of phosphoric ester groups is 1. The number of phosphoric acid groups is 1. The molecule has 0 unspecified atom stereocenters. The molecule has 0 saturated carbocycles. The van der Waals surface area contributed by atoms with E-state index in [-0.39, 0.29) is 25.6 Å². The second kappa shape index (κ2) is 35.6. The number of aliphatic hydroxyl groups is 1. The van der Waals surface area contributed by atoms with Gasteiger partial charge in [0.25, 0.3) is 0 Å². The number of esters is 2. The van der Waals surface area contributed by atoms with E-state index in [1.54, 1.807) is 0 Å². The third-order valence-corrected chi connectivity index (χ3v) is 7.99. The minimum absolute atomic E-state index is 0.107. The second-order valence-corrected chi connectivity index (χ2v) is 13.6.